The van der Waals surface area contributed by atoms with Crippen LogP contribution in [0.4, 0.5) is 17.1 Å². The number of nitrogens with one attached hydrogen (secondary N) is 1. The van der Waals surface area contributed by atoms with Gasteiger partial charge in [-0.1, -0.05) is 24.3 Å². The van der Waals surface area contributed by atoms with Gasteiger partial charge in [-0.3, -0.25) is 10.1 Å². The fourth-order valence-corrected chi connectivity index (χ4v) is 1.68. The summed E-state index contributed by atoms with van der Waals surface area (Å²) in [5.74, 6) is 0. The Bertz CT molecular complexity index is 558. The van der Waals surface area contributed by atoms with Crippen molar-refractivity contribution in [2.24, 2.45) is 0 Å². The fourth-order valence-electron chi connectivity index (χ4n) is 1.46. The minimum atomic E-state index is -0.413. The van der Waals surface area contributed by atoms with E-state index in [1.165, 1.54) is 6.07 Å². The van der Waals surface area contributed by atoms with Crippen molar-refractivity contribution < 1.29 is 4.92 Å². The van der Waals surface area contributed by atoms with Crippen LogP contribution in [-0.4, -0.2) is 4.92 Å². The Kier molecular flexibility index (Phi) is 3.30. The van der Waals surface area contributed by atoms with Gasteiger partial charge in [-0.15, -0.1) is 12.6 Å². The first-order valence-corrected chi connectivity index (χ1v) is 5.41. The van der Waals surface area contributed by atoms with Gasteiger partial charge in [0.1, 0.15) is 5.69 Å². The lowest BCUT2D eigenvalue weighted by atomic mass is 10.2. The highest BCUT2D eigenvalue weighted by Gasteiger charge is 2.12. The van der Waals surface area contributed by atoms with Gasteiger partial charge in [-0.05, 0) is 18.2 Å². The molecule has 5 heteroatoms. The molecule has 0 aliphatic carbocycles. The van der Waals surface area contributed by atoms with Crippen LogP contribution in [0.2, 0.25) is 0 Å². The highest BCUT2D eigenvalue weighted by molar-refractivity contribution is 7.80. The quantitative estimate of drug-likeness (QED) is 0.494. The van der Waals surface area contributed by atoms with Gasteiger partial charge >= 0.3 is 0 Å². The molecule has 2 rings (SSSR count). The van der Waals surface area contributed by atoms with Crippen molar-refractivity contribution in [1.29, 1.82) is 0 Å². The SMILES string of the molecule is O=[N+]([O-])c1ccccc1Nc1ccccc1S. The van der Waals surface area contributed by atoms with E-state index in [1.807, 2.05) is 24.3 Å². The molecular formula is C12H10N2O2S. The second kappa shape index (κ2) is 4.88. The molecule has 0 heterocycles. The van der Waals surface area contributed by atoms with Crippen molar-refractivity contribution >= 4 is 29.7 Å². The number of nitro benzene ring substituents is 1. The van der Waals surface area contributed by atoms with Gasteiger partial charge in [0.15, 0.2) is 0 Å². The molecule has 0 aromatic heterocycles. The summed E-state index contributed by atoms with van der Waals surface area (Å²) < 4.78 is 0. The van der Waals surface area contributed by atoms with Crippen molar-refractivity contribution in [2.45, 2.75) is 4.90 Å². The lowest BCUT2D eigenvalue weighted by Crippen LogP contribution is -1.97. The van der Waals surface area contributed by atoms with Crippen LogP contribution >= 0.6 is 12.6 Å². The lowest BCUT2D eigenvalue weighted by Gasteiger charge is -2.08. The lowest BCUT2D eigenvalue weighted by molar-refractivity contribution is -0.383. The second-order valence-electron chi connectivity index (χ2n) is 3.42. The summed E-state index contributed by atoms with van der Waals surface area (Å²) in [5.41, 5.74) is 1.24. The zero-order valence-corrected chi connectivity index (χ0v) is 9.72. The van der Waals surface area contributed by atoms with Crippen LogP contribution in [0.25, 0.3) is 0 Å². The van der Waals surface area contributed by atoms with Crippen LogP contribution in [0.5, 0.6) is 0 Å². The molecule has 2 aromatic rings. The van der Waals surface area contributed by atoms with Crippen LogP contribution in [0.1, 0.15) is 0 Å². The van der Waals surface area contributed by atoms with Crippen molar-refractivity contribution in [3.8, 4) is 0 Å². The van der Waals surface area contributed by atoms with Crippen LogP contribution < -0.4 is 5.32 Å². The molecule has 0 unspecified atom stereocenters. The van der Waals surface area contributed by atoms with Crippen molar-refractivity contribution in [3.05, 3.63) is 58.6 Å². The number of nitrogens with zero attached hydrogens (tertiary/aromatic N) is 1. The molecule has 0 spiro atoms. The maximum atomic E-state index is 10.8. The van der Waals surface area contributed by atoms with Crippen LogP contribution in [0.3, 0.4) is 0 Å². The molecule has 2 aromatic carbocycles. The van der Waals surface area contributed by atoms with Gasteiger partial charge in [0, 0.05) is 11.0 Å². The molecule has 0 radical (unpaired) electrons. The predicted octanol–water partition coefficient (Wildman–Crippen LogP) is 3.63. The first-order valence-electron chi connectivity index (χ1n) is 4.97. The molecule has 0 amide bonds. The minimum Gasteiger partial charge on any atom is -0.349 e. The molecular weight excluding hydrogens is 236 g/mol. The van der Waals surface area contributed by atoms with Gasteiger partial charge in [0.25, 0.3) is 5.69 Å². The number of anilines is 2. The van der Waals surface area contributed by atoms with Crippen molar-refractivity contribution in [3.63, 3.8) is 0 Å². The van der Waals surface area contributed by atoms with Gasteiger partial charge in [-0.25, -0.2) is 0 Å². The zero-order chi connectivity index (χ0) is 12.3. The van der Waals surface area contributed by atoms with E-state index in [0.717, 1.165) is 10.6 Å². The topological polar surface area (TPSA) is 55.2 Å². The molecule has 1 N–H and O–H groups in total. The smallest absolute Gasteiger partial charge is 0.292 e. The summed E-state index contributed by atoms with van der Waals surface area (Å²) in [4.78, 5) is 11.2. The summed E-state index contributed by atoms with van der Waals surface area (Å²) in [6.45, 7) is 0. The largest absolute Gasteiger partial charge is 0.349 e. The standard InChI is InChI=1S/C12H10N2O2S/c15-14(16)11-7-3-1-5-9(11)13-10-6-2-4-8-12(10)17/h1-8,13,17H. The first-order chi connectivity index (χ1) is 8.18. The Morgan fingerprint density at radius 1 is 1.00 bits per heavy atom. The highest BCUT2D eigenvalue weighted by Crippen LogP contribution is 2.29. The van der Waals surface area contributed by atoms with E-state index >= 15 is 0 Å². The molecule has 0 aliphatic heterocycles. The maximum Gasteiger partial charge on any atom is 0.292 e. The molecule has 0 bridgehead atoms. The zero-order valence-electron chi connectivity index (χ0n) is 8.83. The summed E-state index contributed by atoms with van der Waals surface area (Å²) in [7, 11) is 0. The van der Waals surface area contributed by atoms with Gasteiger partial charge in [-0.2, -0.15) is 0 Å². The van der Waals surface area contributed by atoms with E-state index in [1.54, 1.807) is 18.2 Å². The number of para-hydroxylation sites is 3. The molecule has 0 atom stereocenters. The normalized spacial score (nSPS) is 9.94. The summed E-state index contributed by atoms with van der Waals surface area (Å²) >= 11 is 4.28. The van der Waals surface area contributed by atoms with E-state index in [0.29, 0.717) is 5.69 Å². The summed E-state index contributed by atoms with van der Waals surface area (Å²) in [6.07, 6.45) is 0. The Hall–Kier alpha value is -2.01. The third-order valence-electron chi connectivity index (χ3n) is 2.27. The van der Waals surface area contributed by atoms with E-state index in [-0.39, 0.29) is 5.69 Å². The monoisotopic (exact) mass is 246 g/mol. The second-order valence-corrected chi connectivity index (χ2v) is 3.90. The highest BCUT2D eigenvalue weighted by atomic mass is 32.1. The van der Waals surface area contributed by atoms with Crippen molar-refractivity contribution in [1.82, 2.24) is 0 Å². The van der Waals surface area contributed by atoms with Crippen LogP contribution in [0, 0.1) is 10.1 Å². The number of hydrogen-bond acceptors (Lipinski definition) is 4. The van der Waals surface area contributed by atoms with Crippen LogP contribution in [0.15, 0.2) is 53.4 Å². The van der Waals surface area contributed by atoms with E-state index in [9.17, 15) is 10.1 Å². The number of thiol groups is 1. The van der Waals surface area contributed by atoms with Crippen molar-refractivity contribution in [2.75, 3.05) is 5.32 Å². The van der Waals surface area contributed by atoms with Gasteiger partial charge in [0.2, 0.25) is 0 Å². The predicted molar refractivity (Wildman–Crippen MR) is 70.1 cm³/mol. The van der Waals surface area contributed by atoms with E-state index in [2.05, 4.69) is 17.9 Å². The van der Waals surface area contributed by atoms with Gasteiger partial charge < -0.3 is 5.32 Å². The molecule has 17 heavy (non-hydrogen) atoms. The number of rotatable bonds is 3. The van der Waals surface area contributed by atoms with Gasteiger partial charge in [0.05, 0.1) is 10.6 Å². The average molecular weight is 246 g/mol. The summed E-state index contributed by atoms with van der Waals surface area (Å²) in [6, 6.07) is 13.8. The Morgan fingerprint density at radius 3 is 2.24 bits per heavy atom. The number of nitro groups is 1. The molecule has 0 aliphatic rings. The first kappa shape index (κ1) is 11.5. The molecule has 0 saturated carbocycles. The molecule has 86 valence electrons. The Labute approximate surface area is 104 Å². The van der Waals surface area contributed by atoms with E-state index in [4.69, 9.17) is 0 Å². The molecule has 0 fully saturated rings. The maximum absolute atomic E-state index is 10.8. The molecule has 4 nitrogen and oxygen atoms in total. The minimum absolute atomic E-state index is 0.0455. The van der Waals surface area contributed by atoms with E-state index < -0.39 is 4.92 Å². The third kappa shape index (κ3) is 2.57. The third-order valence-corrected chi connectivity index (χ3v) is 2.66. The summed E-state index contributed by atoms with van der Waals surface area (Å²) in [5, 5.41) is 13.8. The fraction of sp³-hybridized carbons (Fsp3) is 0. The van der Waals surface area contributed by atoms with Crippen LogP contribution in [-0.2, 0) is 0 Å². The Balaban J connectivity index is 2.37. The Morgan fingerprint density at radius 2 is 1.59 bits per heavy atom. The average Bonchev–Trinajstić information content (AvgIpc) is 2.32. The number of benzene rings is 2. The molecule has 0 saturated heterocycles. The number of hydrogen-bond donors (Lipinski definition) is 2.